The number of hydrazine groups is 1. The molecule has 0 fully saturated rings. The molecule has 2 rings (SSSR count). The van der Waals surface area contributed by atoms with Gasteiger partial charge < -0.3 is 5.73 Å². The van der Waals surface area contributed by atoms with Crippen LogP contribution >= 0.6 is 0 Å². The molecule has 1 unspecified atom stereocenters. The van der Waals surface area contributed by atoms with Gasteiger partial charge in [0.05, 0.1) is 0 Å². The number of hydrogen-bond donors (Lipinski definition) is 1. The number of nitrogens with zero attached hydrogens (tertiary/aromatic N) is 2. The van der Waals surface area contributed by atoms with Gasteiger partial charge in [0.15, 0.2) is 0 Å². The summed E-state index contributed by atoms with van der Waals surface area (Å²) in [6.45, 7) is 3.72. The number of carbonyl (C=O) groups is 2. The van der Waals surface area contributed by atoms with Crippen molar-refractivity contribution < 1.29 is 9.59 Å². The first-order valence-corrected chi connectivity index (χ1v) is 5.90. The van der Waals surface area contributed by atoms with Crippen molar-refractivity contribution in [1.82, 2.24) is 10.0 Å². The highest BCUT2D eigenvalue weighted by molar-refractivity contribution is 6.01. The van der Waals surface area contributed by atoms with E-state index >= 15 is 0 Å². The molecule has 18 heavy (non-hydrogen) atoms. The van der Waals surface area contributed by atoms with Crippen molar-refractivity contribution in [2.75, 3.05) is 7.05 Å². The van der Waals surface area contributed by atoms with E-state index in [0.717, 1.165) is 0 Å². The summed E-state index contributed by atoms with van der Waals surface area (Å²) in [7, 11) is 1.58. The zero-order chi connectivity index (χ0) is 13.4. The maximum Gasteiger partial charge on any atom is 0.273 e. The SMILES string of the molecule is CC(C)N1C(=O)c2ccccc2C(N)C(=O)N1C. The Morgan fingerprint density at radius 1 is 1.22 bits per heavy atom. The van der Waals surface area contributed by atoms with E-state index in [0.29, 0.717) is 11.1 Å². The van der Waals surface area contributed by atoms with Crippen LogP contribution in [-0.4, -0.2) is 34.9 Å². The van der Waals surface area contributed by atoms with Gasteiger partial charge >= 0.3 is 0 Å². The fourth-order valence-corrected chi connectivity index (χ4v) is 2.24. The summed E-state index contributed by atoms with van der Waals surface area (Å²) < 4.78 is 0. The van der Waals surface area contributed by atoms with Crippen molar-refractivity contribution in [2.45, 2.75) is 25.9 Å². The smallest absolute Gasteiger partial charge is 0.273 e. The number of rotatable bonds is 1. The van der Waals surface area contributed by atoms with Gasteiger partial charge in [-0.3, -0.25) is 14.6 Å². The zero-order valence-electron chi connectivity index (χ0n) is 10.8. The van der Waals surface area contributed by atoms with Crippen molar-refractivity contribution >= 4 is 11.8 Å². The van der Waals surface area contributed by atoms with Crippen LogP contribution in [0.2, 0.25) is 0 Å². The molecule has 96 valence electrons. The average molecular weight is 247 g/mol. The number of carbonyl (C=O) groups excluding carboxylic acids is 2. The Labute approximate surface area is 106 Å². The van der Waals surface area contributed by atoms with Gasteiger partial charge in [-0.2, -0.15) is 0 Å². The molecule has 1 heterocycles. The van der Waals surface area contributed by atoms with E-state index < -0.39 is 6.04 Å². The third-order valence-corrected chi connectivity index (χ3v) is 3.13. The lowest BCUT2D eigenvalue weighted by molar-refractivity contribution is -0.145. The average Bonchev–Trinajstić information content (AvgIpc) is 2.41. The van der Waals surface area contributed by atoms with Gasteiger partial charge in [0.1, 0.15) is 6.04 Å². The van der Waals surface area contributed by atoms with Crippen LogP contribution in [-0.2, 0) is 4.79 Å². The number of amides is 2. The Kier molecular flexibility index (Phi) is 3.09. The summed E-state index contributed by atoms with van der Waals surface area (Å²) in [6, 6.07) is 6.10. The Bertz CT molecular complexity index is 499. The number of hydrogen-bond acceptors (Lipinski definition) is 3. The molecule has 5 heteroatoms. The number of fused-ring (bicyclic) bond motifs is 1. The number of nitrogens with two attached hydrogens (primary N) is 1. The normalized spacial score (nSPS) is 20.2. The molecule has 1 aliphatic rings. The lowest BCUT2D eigenvalue weighted by atomic mass is 10.0. The highest BCUT2D eigenvalue weighted by Gasteiger charge is 2.36. The molecule has 0 aromatic heterocycles. The van der Waals surface area contributed by atoms with E-state index in [1.807, 2.05) is 13.8 Å². The van der Waals surface area contributed by atoms with Gasteiger partial charge in [-0.15, -0.1) is 0 Å². The fraction of sp³-hybridized carbons (Fsp3) is 0.385. The van der Waals surface area contributed by atoms with Crippen molar-refractivity contribution in [3.8, 4) is 0 Å². The Balaban J connectivity index is 2.61. The van der Waals surface area contributed by atoms with E-state index in [1.165, 1.54) is 10.0 Å². The largest absolute Gasteiger partial charge is 0.316 e. The molecule has 0 radical (unpaired) electrons. The third kappa shape index (κ3) is 1.76. The first-order valence-electron chi connectivity index (χ1n) is 5.90. The van der Waals surface area contributed by atoms with Crippen LogP contribution in [0.5, 0.6) is 0 Å². The molecule has 0 saturated heterocycles. The summed E-state index contributed by atoms with van der Waals surface area (Å²) in [4.78, 5) is 24.6. The second-order valence-corrected chi connectivity index (χ2v) is 4.67. The van der Waals surface area contributed by atoms with E-state index in [1.54, 1.807) is 31.3 Å². The standard InChI is InChI=1S/C13H17N3O2/c1-8(2)16-12(17)10-7-5-4-6-9(10)11(14)13(18)15(16)3/h4-8,11H,14H2,1-3H3. The van der Waals surface area contributed by atoms with Gasteiger partial charge in [-0.05, 0) is 25.5 Å². The van der Waals surface area contributed by atoms with Gasteiger partial charge in [0.2, 0.25) is 0 Å². The van der Waals surface area contributed by atoms with E-state index in [4.69, 9.17) is 5.73 Å². The second-order valence-electron chi connectivity index (χ2n) is 4.67. The van der Waals surface area contributed by atoms with Crippen molar-refractivity contribution in [2.24, 2.45) is 5.73 Å². The third-order valence-electron chi connectivity index (χ3n) is 3.13. The van der Waals surface area contributed by atoms with Crippen LogP contribution in [0.25, 0.3) is 0 Å². The molecule has 0 spiro atoms. The molecule has 1 aromatic carbocycles. The minimum Gasteiger partial charge on any atom is -0.316 e. The molecule has 0 aliphatic carbocycles. The number of likely N-dealkylation sites (N-methyl/N-ethyl adjacent to an activating group) is 1. The van der Waals surface area contributed by atoms with Crippen LogP contribution in [0.4, 0.5) is 0 Å². The van der Waals surface area contributed by atoms with Gasteiger partial charge in [0.25, 0.3) is 11.8 Å². The monoisotopic (exact) mass is 247 g/mol. The fourth-order valence-electron chi connectivity index (χ4n) is 2.24. The van der Waals surface area contributed by atoms with Gasteiger partial charge in [-0.25, -0.2) is 5.01 Å². The summed E-state index contributed by atoms with van der Waals surface area (Å²) >= 11 is 0. The van der Waals surface area contributed by atoms with Crippen molar-refractivity contribution in [1.29, 1.82) is 0 Å². The summed E-state index contributed by atoms with van der Waals surface area (Å²) in [5.74, 6) is -0.466. The molecule has 2 N–H and O–H groups in total. The van der Waals surface area contributed by atoms with E-state index in [2.05, 4.69) is 0 Å². The summed E-state index contributed by atoms with van der Waals surface area (Å²) in [5, 5.41) is 2.76. The summed E-state index contributed by atoms with van der Waals surface area (Å²) in [6.07, 6.45) is 0. The first-order chi connectivity index (χ1) is 8.45. The minimum absolute atomic E-state index is 0.107. The molecular weight excluding hydrogens is 230 g/mol. The van der Waals surface area contributed by atoms with Crippen LogP contribution < -0.4 is 5.73 Å². The van der Waals surface area contributed by atoms with Crippen LogP contribution in [0, 0.1) is 0 Å². The van der Waals surface area contributed by atoms with Gasteiger partial charge in [-0.1, -0.05) is 18.2 Å². The molecule has 1 aliphatic heterocycles. The highest BCUT2D eigenvalue weighted by atomic mass is 16.2. The lowest BCUT2D eigenvalue weighted by Gasteiger charge is -2.33. The maximum atomic E-state index is 12.5. The van der Waals surface area contributed by atoms with E-state index in [9.17, 15) is 9.59 Å². The molecule has 1 aromatic rings. The summed E-state index contributed by atoms with van der Waals surface area (Å²) in [5.41, 5.74) is 7.02. The minimum atomic E-state index is -0.793. The Morgan fingerprint density at radius 2 is 1.83 bits per heavy atom. The first kappa shape index (κ1) is 12.6. The molecular formula is C13H17N3O2. The molecule has 1 atom stereocenters. The number of benzene rings is 1. The lowest BCUT2D eigenvalue weighted by Crippen LogP contribution is -2.51. The molecule has 0 bridgehead atoms. The predicted octanol–water partition coefficient (Wildman–Crippen LogP) is 0.924. The van der Waals surface area contributed by atoms with Crippen LogP contribution in [0.1, 0.15) is 35.8 Å². The van der Waals surface area contributed by atoms with Crippen LogP contribution in [0.3, 0.4) is 0 Å². The van der Waals surface area contributed by atoms with Gasteiger partial charge in [0, 0.05) is 18.7 Å². The molecule has 0 saturated carbocycles. The molecule has 5 nitrogen and oxygen atoms in total. The topological polar surface area (TPSA) is 66.6 Å². The Hall–Kier alpha value is -1.88. The second kappa shape index (κ2) is 4.42. The van der Waals surface area contributed by atoms with E-state index in [-0.39, 0.29) is 17.9 Å². The zero-order valence-corrected chi connectivity index (χ0v) is 10.8. The van der Waals surface area contributed by atoms with Crippen molar-refractivity contribution in [3.63, 3.8) is 0 Å². The highest BCUT2D eigenvalue weighted by Crippen LogP contribution is 2.25. The van der Waals surface area contributed by atoms with Crippen LogP contribution in [0.15, 0.2) is 24.3 Å². The molecule has 2 amide bonds. The predicted molar refractivity (Wildman–Crippen MR) is 67.4 cm³/mol. The maximum absolute atomic E-state index is 12.5. The quantitative estimate of drug-likeness (QED) is 0.802. The van der Waals surface area contributed by atoms with Crippen molar-refractivity contribution in [3.05, 3.63) is 35.4 Å². The Morgan fingerprint density at radius 3 is 2.44 bits per heavy atom.